The number of amides is 3. The zero-order chi connectivity index (χ0) is 19.9. The first-order valence-corrected chi connectivity index (χ1v) is 9.30. The van der Waals surface area contributed by atoms with Gasteiger partial charge in [-0.15, -0.1) is 0 Å². The van der Waals surface area contributed by atoms with Crippen LogP contribution in [0.2, 0.25) is 0 Å². The van der Waals surface area contributed by atoms with Crippen LogP contribution in [-0.2, 0) is 14.3 Å². The molecule has 0 radical (unpaired) electrons. The minimum Gasteiger partial charge on any atom is -0.444 e. The van der Waals surface area contributed by atoms with E-state index in [-0.39, 0.29) is 18.9 Å². The SMILES string of the molecule is CCCCNC(=O)[C@@H]1C[C@H](F)CN1C(=O)[C@H](CC)NC(=O)OC(C)(C)C. The van der Waals surface area contributed by atoms with Crippen molar-refractivity contribution < 1.29 is 23.5 Å². The van der Waals surface area contributed by atoms with E-state index in [0.29, 0.717) is 13.0 Å². The van der Waals surface area contributed by atoms with Gasteiger partial charge in [0.15, 0.2) is 0 Å². The maximum atomic E-state index is 13.9. The molecule has 0 saturated carbocycles. The topological polar surface area (TPSA) is 87.7 Å². The highest BCUT2D eigenvalue weighted by Gasteiger charge is 2.42. The van der Waals surface area contributed by atoms with Gasteiger partial charge in [-0.25, -0.2) is 9.18 Å². The number of alkyl carbamates (subject to hydrolysis) is 1. The Morgan fingerprint density at radius 3 is 2.46 bits per heavy atom. The van der Waals surface area contributed by atoms with E-state index in [1.165, 1.54) is 4.90 Å². The summed E-state index contributed by atoms with van der Waals surface area (Å²) < 4.78 is 19.1. The molecule has 1 rings (SSSR count). The number of halogens is 1. The second kappa shape index (κ2) is 9.73. The van der Waals surface area contributed by atoms with E-state index in [0.717, 1.165) is 12.8 Å². The Hall–Kier alpha value is -1.86. The average molecular weight is 373 g/mol. The van der Waals surface area contributed by atoms with Crippen LogP contribution in [0.3, 0.4) is 0 Å². The summed E-state index contributed by atoms with van der Waals surface area (Å²) in [6.45, 7) is 9.26. The van der Waals surface area contributed by atoms with Gasteiger partial charge in [0, 0.05) is 13.0 Å². The fourth-order valence-electron chi connectivity index (χ4n) is 2.77. The van der Waals surface area contributed by atoms with Crippen LogP contribution < -0.4 is 10.6 Å². The molecule has 26 heavy (non-hydrogen) atoms. The Balaban J connectivity index is 2.76. The van der Waals surface area contributed by atoms with Crippen molar-refractivity contribution in [2.24, 2.45) is 0 Å². The Bertz CT molecular complexity index is 507. The van der Waals surface area contributed by atoms with Gasteiger partial charge < -0.3 is 20.3 Å². The number of likely N-dealkylation sites (tertiary alicyclic amines) is 1. The van der Waals surface area contributed by atoms with Crippen molar-refractivity contribution in [1.29, 1.82) is 0 Å². The summed E-state index contributed by atoms with van der Waals surface area (Å²) in [6.07, 6.45) is 0.0836. The average Bonchev–Trinajstić information content (AvgIpc) is 2.92. The van der Waals surface area contributed by atoms with Gasteiger partial charge in [-0.2, -0.15) is 0 Å². The van der Waals surface area contributed by atoms with Crippen LogP contribution in [0.4, 0.5) is 9.18 Å². The smallest absolute Gasteiger partial charge is 0.408 e. The molecule has 0 aromatic carbocycles. The number of carbonyl (C=O) groups excluding carboxylic acids is 3. The lowest BCUT2D eigenvalue weighted by molar-refractivity contribution is -0.140. The summed E-state index contributed by atoms with van der Waals surface area (Å²) in [5, 5.41) is 5.27. The van der Waals surface area contributed by atoms with E-state index in [4.69, 9.17) is 4.74 Å². The molecule has 150 valence electrons. The normalized spacial score (nSPS) is 21.2. The summed E-state index contributed by atoms with van der Waals surface area (Å²) >= 11 is 0. The van der Waals surface area contributed by atoms with Gasteiger partial charge in [0.2, 0.25) is 11.8 Å². The van der Waals surface area contributed by atoms with Crippen LogP contribution in [0.1, 0.15) is 60.3 Å². The monoisotopic (exact) mass is 373 g/mol. The second-order valence-electron chi connectivity index (χ2n) is 7.59. The van der Waals surface area contributed by atoms with Crippen LogP contribution in [-0.4, -0.2) is 59.8 Å². The van der Waals surface area contributed by atoms with Gasteiger partial charge in [0.1, 0.15) is 23.9 Å². The highest BCUT2D eigenvalue weighted by Crippen LogP contribution is 2.22. The van der Waals surface area contributed by atoms with Crippen molar-refractivity contribution in [3.8, 4) is 0 Å². The third kappa shape index (κ3) is 6.80. The summed E-state index contributed by atoms with van der Waals surface area (Å²) in [4.78, 5) is 38.3. The van der Waals surface area contributed by atoms with E-state index in [2.05, 4.69) is 10.6 Å². The molecule has 0 aromatic heterocycles. The maximum absolute atomic E-state index is 13.9. The third-order valence-electron chi connectivity index (χ3n) is 4.06. The van der Waals surface area contributed by atoms with E-state index in [1.54, 1.807) is 27.7 Å². The molecule has 1 fully saturated rings. The predicted octanol–water partition coefficient (Wildman–Crippen LogP) is 2.14. The number of rotatable bonds is 7. The van der Waals surface area contributed by atoms with Crippen molar-refractivity contribution in [1.82, 2.24) is 15.5 Å². The Kier molecular flexibility index (Phi) is 8.30. The first kappa shape index (κ1) is 22.2. The van der Waals surface area contributed by atoms with Crippen LogP contribution in [0.15, 0.2) is 0 Å². The van der Waals surface area contributed by atoms with E-state index < -0.39 is 35.9 Å². The molecule has 0 spiro atoms. The van der Waals surface area contributed by atoms with Crippen molar-refractivity contribution in [3.63, 3.8) is 0 Å². The Morgan fingerprint density at radius 2 is 1.92 bits per heavy atom. The summed E-state index contributed by atoms with van der Waals surface area (Å²) in [6, 6.07) is -1.70. The number of hydrogen-bond donors (Lipinski definition) is 2. The highest BCUT2D eigenvalue weighted by molar-refractivity contribution is 5.92. The molecule has 0 bridgehead atoms. The number of unbranched alkanes of at least 4 members (excludes halogenated alkanes) is 1. The number of alkyl halides is 1. The van der Waals surface area contributed by atoms with Gasteiger partial charge in [-0.1, -0.05) is 20.3 Å². The molecule has 3 amide bonds. The molecule has 2 N–H and O–H groups in total. The number of nitrogens with one attached hydrogen (secondary N) is 2. The van der Waals surface area contributed by atoms with Crippen molar-refractivity contribution >= 4 is 17.9 Å². The second-order valence-corrected chi connectivity index (χ2v) is 7.59. The molecule has 1 aliphatic rings. The molecule has 1 heterocycles. The predicted molar refractivity (Wildman–Crippen MR) is 96.4 cm³/mol. The van der Waals surface area contributed by atoms with Gasteiger partial charge in [0.05, 0.1) is 6.54 Å². The minimum atomic E-state index is -1.25. The molecule has 1 aliphatic heterocycles. The fraction of sp³-hybridized carbons (Fsp3) is 0.833. The molecule has 0 aliphatic carbocycles. The Morgan fingerprint density at radius 1 is 1.27 bits per heavy atom. The van der Waals surface area contributed by atoms with Gasteiger partial charge >= 0.3 is 6.09 Å². The minimum absolute atomic E-state index is 0.0213. The molecule has 8 heteroatoms. The lowest BCUT2D eigenvalue weighted by atomic mass is 10.1. The standard InChI is InChI=1S/C18H32FN3O4/c1-6-8-9-20-15(23)14-10-12(19)11-22(14)16(24)13(7-2)21-17(25)26-18(3,4)5/h12-14H,6-11H2,1-5H3,(H,20,23)(H,21,25)/t12-,13-,14-/m0/s1. The van der Waals surface area contributed by atoms with Crippen LogP contribution in [0.25, 0.3) is 0 Å². The van der Waals surface area contributed by atoms with Crippen molar-refractivity contribution in [2.45, 2.75) is 84.2 Å². The lowest BCUT2D eigenvalue weighted by Crippen LogP contribution is -2.54. The zero-order valence-corrected chi connectivity index (χ0v) is 16.4. The number of ether oxygens (including phenoxy) is 1. The fourth-order valence-corrected chi connectivity index (χ4v) is 2.77. The summed E-state index contributed by atoms with van der Waals surface area (Å²) in [5.41, 5.74) is -0.690. The van der Waals surface area contributed by atoms with Crippen molar-refractivity contribution in [3.05, 3.63) is 0 Å². The van der Waals surface area contributed by atoms with Gasteiger partial charge in [-0.05, 0) is 33.6 Å². The van der Waals surface area contributed by atoms with Gasteiger partial charge in [0.25, 0.3) is 0 Å². The Labute approximate surface area is 155 Å². The molecular formula is C18H32FN3O4. The van der Waals surface area contributed by atoms with E-state index >= 15 is 0 Å². The summed E-state index contributed by atoms with van der Waals surface area (Å²) in [7, 11) is 0. The van der Waals surface area contributed by atoms with Crippen LogP contribution in [0.5, 0.6) is 0 Å². The summed E-state index contributed by atoms with van der Waals surface area (Å²) in [5.74, 6) is -0.812. The quantitative estimate of drug-likeness (QED) is 0.670. The molecule has 0 aromatic rings. The first-order valence-electron chi connectivity index (χ1n) is 9.30. The highest BCUT2D eigenvalue weighted by atomic mass is 19.1. The van der Waals surface area contributed by atoms with E-state index in [1.807, 2.05) is 6.92 Å². The first-order chi connectivity index (χ1) is 12.1. The van der Waals surface area contributed by atoms with Gasteiger partial charge in [-0.3, -0.25) is 9.59 Å². The van der Waals surface area contributed by atoms with Crippen LogP contribution >= 0.6 is 0 Å². The molecular weight excluding hydrogens is 341 g/mol. The molecule has 1 saturated heterocycles. The van der Waals surface area contributed by atoms with Crippen molar-refractivity contribution in [2.75, 3.05) is 13.1 Å². The zero-order valence-electron chi connectivity index (χ0n) is 16.4. The maximum Gasteiger partial charge on any atom is 0.408 e. The largest absolute Gasteiger partial charge is 0.444 e. The third-order valence-corrected chi connectivity index (χ3v) is 4.06. The van der Waals surface area contributed by atoms with Crippen LogP contribution in [0, 0.1) is 0 Å². The lowest BCUT2D eigenvalue weighted by Gasteiger charge is -2.28. The number of carbonyl (C=O) groups is 3. The molecule has 0 unspecified atom stereocenters. The van der Waals surface area contributed by atoms with E-state index in [9.17, 15) is 18.8 Å². The number of hydrogen-bond acceptors (Lipinski definition) is 4. The molecule has 7 nitrogen and oxygen atoms in total. The molecule has 3 atom stereocenters. The number of nitrogens with zero attached hydrogens (tertiary/aromatic N) is 1.